The Morgan fingerprint density at radius 2 is 2.42 bits per heavy atom. The van der Waals surface area contributed by atoms with Crippen LogP contribution in [0.15, 0.2) is 18.3 Å². The quantitative estimate of drug-likeness (QED) is 0.622. The molecule has 0 radical (unpaired) electrons. The van der Waals surface area contributed by atoms with E-state index in [-0.39, 0.29) is 11.2 Å². The van der Waals surface area contributed by atoms with E-state index in [4.69, 9.17) is 0 Å². The topological polar surface area (TPSA) is 42.0 Å². The van der Waals surface area contributed by atoms with Gasteiger partial charge in [-0.25, -0.2) is 4.98 Å². The van der Waals surface area contributed by atoms with Crippen LogP contribution in [-0.2, 0) is 4.79 Å². The van der Waals surface area contributed by atoms with Crippen LogP contribution in [0.3, 0.4) is 0 Å². The number of hydrogen-bond acceptors (Lipinski definition) is 2. The van der Waals surface area contributed by atoms with Gasteiger partial charge in [-0.05, 0) is 12.1 Å². The van der Waals surface area contributed by atoms with E-state index in [2.05, 4.69) is 26.2 Å². The molecular weight excluding hydrogens is 227 g/mol. The van der Waals surface area contributed by atoms with Gasteiger partial charge in [0.15, 0.2) is 0 Å². The highest BCUT2D eigenvalue weighted by molar-refractivity contribution is 9.09. The largest absolute Gasteiger partial charge is 0.324 e. The second-order valence-corrected chi connectivity index (χ2v) is 2.61. The Morgan fingerprint density at radius 1 is 1.67 bits per heavy atom. The van der Waals surface area contributed by atoms with Crippen LogP contribution in [0, 0.1) is 5.95 Å². The number of carbonyl (C=O) groups is 1. The van der Waals surface area contributed by atoms with Crippen LogP contribution in [0.2, 0.25) is 0 Å². The standard InChI is InChI=1S/C7H6BrFN2O/c8-3-7(12)11-5-1-2-6(9)10-4-5/h1-2,4H,3H2,(H,11,12). The molecule has 0 aliphatic carbocycles. The highest BCUT2D eigenvalue weighted by Crippen LogP contribution is 2.04. The maximum atomic E-state index is 12.3. The maximum absolute atomic E-state index is 12.3. The Morgan fingerprint density at radius 3 is 2.92 bits per heavy atom. The van der Waals surface area contributed by atoms with Crippen LogP contribution < -0.4 is 5.32 Å². The summed E-state index contributed by atoms with van der Waals surface area (Å²) in [4.78, 5) is 14.2. The number of hydrogen-bond donors (Lipinski definition) is 1. The molecule has 0 aromatic carbocycles. The van der Waals surface area contributed by atoms with Gasteiger partial charge in [-0.3, -0.25) is 4.79 Å². The van der Waals surface area contributed by atoms with E-state index < -0.39 is 5.95 Å². The SMILES string of the molecule is O=C(CBr)Nc1ccc(F)nc1. The van der Waals surface area contributed by atoms with Gasteiger partial charge in [0.1, 0.15) is 0 Å². The number of rotatable bonds is 2. The summed E-state index contributed by atoms with van der Waals surface area (Å²) in [6.45, 7) is 0. The van der Waals surface area contributed by atoms with Gasteiger partial charge >= 0.3 is 0 Å². The minimum atomic E-state index is -0.563. The van der Waals surface area contributed by atoms with Crippen molar-refractivity contribution in [2.45, 2.75) is 0 Å². The molecule has 0 bridgehead atoms. The number of amides is 1. The van der Waals surface area contributed by atoms with E-state index in [0.717, 1.165) is 0 Å². The van der Waals surface area contributed by atoms with Gasteiger partial charge in [0.2, 0.25) is 11.9 Å². The zero-order valence-electron chi connectivity index (χ0n) is 6.05. The van der Waals surface area contributed by atoms with Gasteiger partial charge in [0.05, 0.1) is 17.2 Å². The highest BCUT2D eigenvalue weighted by atomic mass is 79.9. The second kappa shape index (κ2) is 4.15. The predicted molar refractivity (Wildman–Crippen MR) is 46.6 cm³/mol. The Kier molecular flexibility index (Phi) is 3.16. The van der Waals surface area contributed by atoms with E-state index in [9.17, 15) is 9.18 Å². The summed E-state index contributed by atoms with van der Waals surface area (Å²) in [7, 11) is 0. The number of halogens is 2. The maximum Gasteiger partial charge on any atom is 0.235 e. The fourth-order valence-electron chi connectivity index (χ4n) is 0.644. The molecule has 0 saturated carbocycles. The van der Waals surface area contributed by atoms with Crippen LogP contribution in [-0.4, -0.2) is 16.2 Å². The summed E-state index contributed by atoms with van der Waals surface area (Å²) in [5.74, 6) is -0.754. The van der Waals surface area contributed by atoms with Crippen molar-refractivity contribution in [1.29, 1.82) is 0 Å². The Hall–Kier alpha value is -0.970. The number of carbonyl (C=O) groups excluding carboxylic acids is 1. The summed E-state index contributed by atoms with van der Waals surface area (Å²) in [5.41, 5.74) is 0.487. The van der Waals surface area contributed by atoms with Crippen molar-refractivity contribution in [1.82, 2.24) is 4.98 Å². The highest BCUT2D eigenvalue weighted by Gasteiger charge is 1.99. The number of alkyl halides is 1. The van der Waals surface area contributed by atoms with Crippen molar-refractivity contribution in [3.05, 3.63) is 24.3 Å². The lowest BCUT2D eigenvalue weighted by atomic mass is 10.4. The molecule has 1 aromatic rings. The number of pyridine rings is 1. The molecule has 64 valence electrons. The third-order valence-electron chi connectivity index (χ3n) is 1.13. The van der Waals surface area contributed by atoms with Gasteiger partial charge in [-0.15, -0.1) is 0 Å². The molecule has 1 heterocycles. The molecular formula is C7H6BrFN2O. The number of aromatic nitrogens is 1. The lowest BCUT2D eigenvalue weighted by Gasteiger charge is -2.00. The first-order chi connectivity index (χ1) is 5.72. The van der Waals surface area contributed by atoms with Gasteiger partial charge in [0, 0.05) is 0 Å². The predicted octanol–water partition coefficient (Wildman–Crippen LogP) is 1.55. The van der Waals surface area contributed by atoms with E-state index in [1.165, 1.54) is 18.3 Å². The molecule has 1 N–H and O–H groups in total. The molecule has 0 spiro atoms. The Balaban J connectivity index is 2.64. The van der Waals surface area contributed by atoms with Crippen molar-refractivity contribution in [2.24, 2.45) is 0 Å². The van der Waals surface area contributed by atoms with Gasteiger partial charge in [-0.1, -0.05) is 15.9 Å². The first kappa shape index (κ1) is 9.12. The second-order valence-electron chi connectivity index (χ2n) is 2.05. The lowest BCUT2D eigenvalue weighted by molar-refractivity contribution is -0.113. The van der Waals surface area contributed by atoms with Crippen LogP contribution in [0.4, 0.5) is 10.1 Å². The average Bonchev–Trinajstić information content (AvgIpc) is 2.09. The molecule has 0 fully saturated rings. The minimum absolute atomic E-state index is 0.191. The summed E-state index contributed by atoms with van der Waals surface area (Å²) < 4.78 is 12.3. The molecule has 0 atom stereocenters. The average molecular weight is 233 g/mol. The summed E-state index contributed by atoms with van der Waals surface area (Å²) in [6, 6.07) is 2.63. The lowest BCUT2D eigenvalue weighted by Crippen LogP contribution is -2.12. The molecule has 3 nitrogen and oxygen atoms in total. The number of nitrogens with one attached hydrogen (secondary N) is 1. The molecule has 0 saturated heterocycles. The van der Waals surface area contributed by atoms with E-state index >= 15 is 0 Å². The van der Waals surface area contributed by atoms with Crippen LogP contribution >= 0.6 is 15.9 Å². The van der Waals surface area contributed by atoms with E-state index in [0.29, 0.717) is 5.69 Å². The molecule has 0 unspecified atom stereocenters. The van der Waals surface area contributed by atoms with Gasteiger partial charge in [0.25, 0.3) is 0 Å². The van der Waals surface area contributed by atoms with Crippen molar-refractivity contribution in [3.63, 3.8) is 0 Å². The molecule has 0 aliphatic rings. The molecule has 1 amide bonds. The molecule has 12 heavy (non-hydrogen) atoms. The zero-order valence-corrected chi connectivity index (χ0v) is 7.64. The van der Waals surface area contributed by atoms with Crippen LogP contribution in [0.5, 0.6) is 0 Å². The third kappa shape index (κ3) is 2.58. The Bertz CT molecular complexity index is 275. The normalized spacial score (nSPS) is 9.50. The van der Waals surface area contributed by atoms with Gasteiger partial charge < -0.3 is 5.32 Å². The summed E-state index contributed by atoms with van der Waals surface area (Å²) in [5, 5.41) is 2.72. The van der Waals surface area contributed by atoms with Crippen molar-refractivity contribution in [2.75, 3.05) is 10.6 Å². The Labute approximate surface area is 77.1 Å². The smallest absolute Gasteiger partial charge is 0.235 e. The third-order valence-corrected chi connectivity index (χ3v) is 1.64. The first-order valence-electron chi connectivity index (χ1n) is 3.20. The molecule has 0 aliphatic heterocycles. The van der Waals surface area contributed by atoms with E-state index in [1.807, 2.05) is 0 Å². The van der Waals surface area contributed by atoms with Crippen molar-refractivity contribution < 1.29 is 9.18 Å². The number of anilines is 1. The molecule has 5 heteroatoms. The number of nitrogens with zero attached hydrogens (tertiary/aromatic N) is 1. The zero-order chi connectivity index (χ0) is 8.97. The summed E-state index contributed by atoms with van der Waals surface area (Å²) >= 11 is 2.98. The minimum Gasteiger partial charge on any atom is -0.324 e. The van der Waals surface area contributed by atoms with Gasteiger partial charge in [-0.2, -0.15) is 4.39 Å². The summed E-state index contributed by atoms with van der Waals surface area (Å²) in [6.07, 6.45) is 1.26. The molecule has 1 rings (SSSR count). The monoisotopic (exact) mass is 232 g/mol. The van der Waals surface area contributed by atoms with E-state index in [1.54, 1.807) is 0 Å². The molecule has 1 aromatic heterocycles. The van der Waals surface area contributed by atoms with Crippen molar-refractivity contribution in [3.8, 4) is 0 Å². The van der Waals surface area contributed by atoms with Crippen LogP contribution in [0.25, 0.3) is 0 Å². The fourth-order valence-corrected chi connectivity index (χ4v) is 0.784. The fraction of sp³-hybridized carbons (Fsp3) is 0.143. The van der Waals surface area contributed by atoms with Crippen LogP contribution in [0.1, 0.15) is 0 Å². The first-order valence-corrected chi connectivity index (χ1v) is 4.32. The van der Waals surface area contributed by atoms with Crippen molar-refractivity contribution >= 4 is 27.5 Å².